The van der Waals surface area contributed by atoms with E-state index in [1.807, 2.05) is 6.07 Å². The van der Waals surface area contributed by atoms with Crippen LogP contribution in [0.1, 0.15) is 5.56 Å². The minimum absolute atomic E-state index is 0.0700. The zero-order chi connectivity index (χ0) is 16.7. The second-order valence-electron chi connectivity index (χ2n) is 4.21. The number of amides is 1. The molecule has 2 aromatic rings. The molecule has 0 radical (unpaired) electrons. The zero-order valence-electron chi connectivity index (χ0n) is 11.7. The molecule has 1 amide bonds. The van der Waals surface area contributed by atoms with Gasteiger partial charge in [-0.1, -0.05) is 12.1 Å². The van der Waals surface area contributed by atoms with Crippen molar-refractivity contribution in [3.05, 3.63) is 47.0 Å². The smallest absolute Gasteiger partial charge is 0.341 e. The van der Waals surface area contributed by atoms with Crippen LogP contribution in [0.25, 0.3) is 6.08 Å². The summed E-state index contributed by atoms with van der Waals surface area (Å²) in [5.41, 5.74) is 0.540. The zero-order valence-corrected chi connectivity index (χ0v) is 12.5. The van der Waals surface area contributed by atoms with Crippen LogP contribution in [0.3, 0.4) is 0 Å². The molecule has 23 heavy (non-hydrogen) atoms. The van der Waals surface area contributed by atoms with E-state index in [1.54, 1.807) is 35.8 Å². The van der Waals surface area contributed by atoms with Gasteiger partial charge in [0.15, 0.2) is 11.7 Å². The van der Waals surface area contributed by atoms with Gasteiger partial charge in [0, 0.05) is 11.6 Å². The third-order valence-electron chi connectivity index (χ3n) is 2.57. The highest BCUT2D eigenvalue weighted by Crippen LogP contribution is 2.16. The van der Waals surface area contributed by atoms with Gasteiger partial charge in [-0.05, 0) is 23.8 Å². The van der Waals surface area contributed by atoms with E-state index >= 15 is 0 Å². The highest BCUT2D eigenvalue weighted by Gasteiger charge is 2.10. The van der Waals surface area contributed by atoms with Crippen LogP contribution >= 0.6 is 11.3 Å². The lowest BCUT2D eigenvalue weighted by Crippen LogP contribution is -2.13. The summed E-state index contributed by atoms with van der Waals surface area (Å²) in [4.78, 5) is 26.3. The second kappa shape index (κ2) is 7.72. The third kappa shape index (κ3) is 4.94. The summed E-state index contributed by atoms with van der Waals surface area (Å²) in [5, 5.41) is 22.3. The topological polar surface area (TPSA) is 112 Å². The number of aliphatic carboxylic acids is 1. The standard InChI is InChI=1S/C15H11N3O4S/c16-8-11(14(21)18-15-17-5-6-23-15)7-10-1-3-12(4-2-10)22-9-13(19)20/h1-7H,9H2,(H,19,20)(H,17,18,21)/b11-7-. The number of nitrogens with zero attached hydrogens (tertiary/aromatic N) is 2. The van der Waals surface area contributed by atoms with E-state index < -0.39 is 18.5 Å². The fourth-order valence-electron chi connectivity index (χ4n) is 1.57. The van der Waals surface area contributed by atoms with E-state index in [0.29, 0.717) is 16.4 Å². The number of thiazole rings is 1. The third-order valence-corrected chi connectivity index (χ3v) is 3.26. The summed E-state index contributed by atoms with van der Waals surface area (Å²) in [6.07, 6.45) is 2.97. The molecule has 7 nitrogen and oxygen atoms in total. The molecule has 0 aliphatic heterocycles. The molecular weight excluding hydrogens is 318 g/mol. The number of hydrogen-bond donors (Lipinski definition) is 2. The van der Waals surface area contributed by atoms with Gasteiger partial charge in [0.2, 0.25) is 0 Å². The molecule has 8 heteroatoms. The fourth-order valence-corrected chi connectivity index (χ4v) is 2.09. The van der Waals surface area contributed by atoms with Gasteiger partial charge in [-0.25, -0.2) is 9.78 Å². The fraction of sp³-hybridized carbons (Fsp3) is 0.0667. The first-order valence-corrected chi connectivity index (χ1v) is 7.24. The molecule has 116 valence electrons. The summed E-state index contributed by atoms with van der Waals surface area (Å²) >= 11 is 1.25. The Bertz CT molecular complexity index is 761. The van der Waals surface area contributed by atoms with Gasteiger partial charge < -0.3 is 9.84 Å². The maximum absolute atomic E-state index is 12.0. The molecule has 2 N–H and O–H groups in total. The Balaban J connectivity index is 2.07. The molecule has 0 spiro atoms. The highest BCUT2D eigenvalue weighted by molar-refractivity contribution is 7.13. The van der Waals surface area contributed by atoms with Crippen LogP contribution in [0, 0.1) is 11.3 Å². The van der Waals surface area contributed by atoms with Crippen LogP contribution < -0.4 is 10.1 Å². The molecule has 0 fully saturated rings. The molecule has 0 saturated carbocycles. The number of nitrogens with one attached hydrogen (secondary N) is 1. The van der Waals surface area contributed by atoms with Crippen LogP contribution in [0.5, 0.6) is 5.75 Å². The van der Waals surface area contributed by atoms with Crippen LogP contribution in [0.2, 0.25) is 0 Å². The number of anilines is 1. The number of carbonyl (C=O) groups excluding carboxylic acids is 1. The number of nitriles is 1. The molecule has 0 aliphatic carbocycles. The molecule has 0 unspecified atom stereocenters. The number of rotatable bonds is 6. The highest BCUT2D eigenvalue weighted by atomic mass is 32.1. The molecule has 1 heterocycles. The first kappa shape index (κ1) is 16.2. The predicted molar refractivity (Wildman–Crippen MR) is 83.9 cm³/mol. The minimum Gasteiger partial charge on any atom is -0.482 e. The lowest BCUT2D eigenvalue weighted by molar-refractivity contribution is -0.139. The van der Waals surface area contributed by atoms with Crippen molar-refractivity contribution in [2.75, 3.05) is 11.9 Å². The Morgan fingerprint density at radius 2 is 2.13 bits per heavy atom. The average molecular weight is 329 g/mol. The molecule has 2 rings (SSSR count). The van der Waals surface area contributed by atoms with Crippen LogP contribution in [-0.2, 0) is 9.59 Å². The number of carboxylic acids is 1. The van der Waals surface area contributed by atoms with Crippen molar-refractivity contribution in [2.24, 2.45) is 0 Å². The van der Waals surface area contributed by atoms with Gasteiger partial charge in [0.05, 0.1) is 0 Å². The van der Waals surface area contributed by atoms with Crippen molar-refractivity contribution < 1.29 is 19.4 Å². The first-order valence-electron chi connectivity index (χ1n) is 6.36. The van der Waals surface area contributed by atoms with E-state index in [1.165, 1.54) is 17.4 Å². The molecular formula is C15H11N3O4S. The number of carboxylic acid groups (broad SMARTS) is 1. The summed E-state index contributed by atoms with van der Waals surface area (Å²) in [6.45, 7) is -0.436. The number of aromatic nitrogens is 1. The summed E-state index contributed by atoms with van der Waals surface area (Å²) < 4.78 is 5.00. The van der Waals surface area contributed by atoms with Crippen LogP contribution in [0.4, 0.5) is 5.13 Å². The monoisotopic (exact) mass is 329 g/mol. The van der Waals surface area contributed by atoms with E-state index in [4.69, 9.17) is 15.1 Å². The Hall–Kier alpha value is -3.18. The lowest BCUT2D eigenvalue weighted by atomic mass is 10.1. The lowest BCUT2D eigenvalue weighted by Gasteiger charge is -2.03. The Morgan fingerprint density at radius 1 is 1.39 bits per heavy atom. The van der Waals surface area contributed by atoms with Gasteiger partial charge in [0.1, 0.15) is 17.4 Å². The maximum Gasteiger partial charge on any atom is 0.341 e. The molecule has 0 saturated heterocycles. The SMILES string of the molecule is N#C/C(=C/c1ccc(OCC(=O)O)cc1)C(=O)Nc1nccs1. The summed E-state index contributed by atoms with van der Waals surface area (Å²) in [6, 6.07) is 8.18. The van der Waals surface area contributed by atoms with E-state index in [9.17, 15) is 9.59 Å². The number of benzene rings is 1. The normalized spacial score (nSPS) is 10.7. The van der Waals surface area contributed by atoms with Crippen molar-refractivity contribution in [3.8, 4) is 11.8 Å². The Morgan fingerprint density at radius 3 is 2.70 bits per heavy atom. The van der Waals surface area contributed by atoms with Crippen LogP contribution in [0.15, 0.2) is 41.4 Å². The van der Waals surface area contributed by atoms with Gasteiger partial charge in [-0.2, -0.15) is 5.26 Å². The van der Waals surface area contributed by atoms with Crippen molar-refractivity contribution in [2.45, 2.75) is 0 Å². The summed E-state index contributed by atoms with van der Waals surface area (Å²) in [5.74, 6) is -1.23. The van der Waals surface area contributed by atoms with Gasteiger partial charge in [-0.15, -0.1) is 11.3 Å². The van der Waals surface area contributed by atoms with Crippen LogP contribution in [-0.4, -0.2) is 28.6 Å². The Labute approximate surface area is 135 Å². The average Bonchev–Trinajstić information content (AvgIpc) is 3.04. The molecule has 0 bridgehead atoms. The molecule has 1 aromatic carbocycles. The number of ether oxygens (including phenoxy) is 1. The van der Waals surface area contributed by atoms with Gasteiger partial charge in [0.25, 0.3) is 5.91 Å². The van der Waals surface area contributed by atoms with E-state index in [-0.39, 0.29) is 5.57 Å². The summed E-state index contributed by atoms with van der Waals surface area (Å²) in [7, 11) is 0. The van der Waals surface area contributed by atoms with E-state index in [0.717, 1.165) is 0 Å². The van der Waals surface area contributed by atoms with E-state index in [2.05, 4.69) is 10.3 Å². The van der Waals surface area contributed by atoms with Crippen molar-refractivity contribution in [1.29, 1.82) is 5.26 Å². The first-order chi connectivity index (χ1) is 11.1. The minimum atomic E-state index is -1.07. The van der Waals surface area contributed by atoms with Crippen molar-refractivity contribution >= 4 is 34.4 Å². The second-order valence-corrected chi connectivity index (χ2v) is 5.11. The molecule has 1 aromatic heterocycles. The maximum atomic E-state index is 12.0. The predicted octanol–water partition coefficient (Wildman–Crippen LogP) is 2.15. The van der Waals surface area contributed by atoms with Crippen molar-refractivity contribution in [3.63, 3.8) is 0 Å². The largest absolute Gasteiger partial charge is 0.482 e. The molecule has 0 atom stereocenters. The number of carbonyl (C=O) groups is 2. The quantitative estimate of drug-likeness (QED) is 0.620. The van der Waals surface area contributed by atoms with Crippen molar-refractivity contribution in [1.82, 2.24) is 4.98 Å². The number of hydrogen-bond acceptors (Lipinski definition) is 6. The Kier molecular flexibility index (Phi) is 5.44. The molecule has 0 aliphatic rings. The van der Waals surface area contributed by atoms with Gasteiger partial charge in [-0.3, -0.25) is 10.1 Å². The van der Waals surface area contributed by atoms with Gasteiger partial charge >= 0.3 is 5.97 Å².